The predicted molar refractivity (Wildman–Crippen MR) is 40.0 cm³/mol. The number of nitrogens with one attached hydrogen (secondary N) is 1. The van der Waals surface area contributed by atoms with E-state index in [0.717, 1.165) is 19.4 Å². The van der Waals surface area contributed by atoms with Crippen LogP contribution in [0.4, 0.5) is 0 Å². The molecular weight excluding hydrogens is 138 g/mol. The van der Waals surface area contributed by atoms with E-state index in [9.17, 15) is 0 Å². The third-order valence-electron chi connectivity index (χ3n) is 1.60. The molecule has 0 saturated carbocycles. The van der Waals surface area contributed by atoms with Crippen molar-refractivity contribution in [1.29, 1.82) is 0 Å². The Bertz CT molecular complexity index is 71.5. The quantitative estimate of drug-likeness (QED) is 0.530. The van der Waals surface area contributed by atoms with E-state index in [4.69, 9.17) is 5.11 Å². The molecule has 1 rings (SSSR count). The lowest BCUT2D eigenvalue weighted by Crippen LogP contribution is -2.37. The minimum absolute atomic E-state index is 0. The number of rotatable bonds is 0. The summed E-state index contributed by atoms with van der Waals surface area (Å²) in [7, 11) is 0. The molecule has 0 bridgehead atoms. The Balaban J connectivity index is 0.000000640. The third kappa shape index (κ3) is 3.04. The van der Waals surface area contributed by atoms with Crippen molar-refractivity contribution in [2.75, 3.05) is 6.54 Å². The lowest BCUT2D eigenvalue weighted by molar-refractivity contribution is 0.120. The number of aliphatic hydroxyl groups excluding tert-OH is 1. The van der Waals surface area contributed by atoms with Crippen LogP contribution >= 0.6 is 12.4 Å². The molecule has 1 heterocycles. The van der Waals surface area contributed by atoms with Gasteiger partial charge in [-0.15, -0.1) is 12.4 Å². The first kappa shape index (κ1) is 9.21. The van der Waals surface area contributed by atoms with E-state index in [0.29, 0.717) is 6.04 Å². The minimum Gasteiger partial charge on any atom is -0.393 e. The zero-order valence-electron chi connectivity index (χ0n) is 5.63. The molecule has 0 aliphatic carbocycles. The zero-order valence-corrected chi connectivity index (χ0v) is 6.45. The van der Waals surface area contributed by atoms with Gasteiger partial charge in [-0.3, -0.25) is 0 Å². The van der Waals surface area contributed by atoms with Gasteiger partial charge in [0.2, 0.25) is 0 Å². The first-order chi connectivity index (χ1) is 3.79. The lowest BCUT2D eigenvalue weighted by Gasteiger charge is -2.23. The highest BCUT2D eigenvalue weighted by Gasteiger charge is 2.14. The van der Waals surface area contributed by atoms with Gasteiger partial charge in [-0.25, -0.2) is 0 Å². The lowest BCUT2D eigenvalue weighted by atomic mass is 10.0. The molecule has 2 atom stereocenters. The molecule has 9 heavy (non-hydrogen) atoms. The van der Waals surface area contributed by atoms with Crippen LogP contribution in [-0.2, 0) is 0 Å². The normalized spacial score (nSPS) is 35.3. The molecule has 0 spiro atoms. The summed E-state index contributed by atoms with van der Waals surface area (Å²) in [5, 5.41) is 12.3. The van der Waals surface area contributed by atoms with Crippen molar-refractivity contribution in [2.45, 2.75) is 31.9 Å². The summed E-state index contributed by atoms with van der Waals surface area (Å²) >= 11 is 0. The molecule has 0 aromatic carbocycles. The van der Waals surface area contributed by atoms with Crippen molar-refractivity contribution in [3.63, 3.8) is 0 Å². The fourth-order valence-corrected chi connectivity index (χ4v) is 1.11. The van der Waals surface area contributed by atoms with E-state index >= 15 is 0 Å². The maximum Gasteiger partial charge on any atom is 0.0567 e. The summed E-state index contributed by atoms with van der Waals surface area (Å²) in [4.78, 5) is 0. The standard InChI is InChI=1S/C6H13NO.ClH/c1-5-4-6(8)2-3-7-5;/h5-8H,2-4H2,1H3;1H. The Hall–Kier alpha value is 0.210. The average molecular weight is 152 g/mol. The molecule has 2 nitrogen and oxygen atoms in total. The summed E-state index contributed by atoms with van der Waals surface area (Å²) in [6.07, 6.45) is 1.79. The molecular formula is C6H14ClNO. The van der Waals surface area contributed by atoms with Crippen LogP contribution in [0.25, 0.3) is 0 Å². The first-order valence-electron chi connectivity index (χ1n) is 3.20. The molecule has 0 aromatic rings. The van der Waals surface area contributed by atoms with Crippen molar-refractivity contribution in [1.82, 2.24) is 5.32 Å². The fourth-order valence-electron chi connectivity index (χ4n) is 1.11. The van der Waals surface area contributed by atoms with Crippen LogP contribution in [0.1, 0.15) is 19.8 Å². The highest BCUT2D eigenvalue weighted by molar-refractivity contribution is 5.85. The van der Waals surface area contributed by atoms with Gasteiger partial charge in [0.15, 0.2) is 0 Å². The Labute approximate surface area is 62.1 Å². The summed E-state index contributed by atoms with van der Waals surface area (Å²) in [6, 6.07) is 0.513. The molecule has 3 heteroatoms. The van der Waals surface area contributed by atoms with E-state index < -0.39 is 0 Å². The summed E-state index contributed by atoms with van der Waals surface area (Å²) in [5.74, 6) is 0. The Morgan fingerprint density at radius 2 is 2.22 bits per heavy atom. The van der Waals surface area contributed by atoms with Crippen LogP contribution in [0.5, 0.6) is 0 Å². The highest BCUT2D eigenvalue weighted by atomic mass is 35.5. The van der Waals surface area contributed by atoms with Gasteiger partial charge in [0.1, 0.15) is 0 Å². The maximum atomic E-state index is 9.04. The summed E-state index contributed by atoms with van der Waals surface area (Å²) in [6.45, 7) is 3.07. The van der Waals surface area contributed by atoms with Gasteiger partial charge in [-0.05, 0) is 26.3 Å². The van der Waals surface area contributed by atoms with E-state index in [2.05, 4.69) is 12.2 Å². The van der Waals surface area contributed by atoms with Gasteiger partial charge in [0.25, 0.3) is 0 Å². The number of hydrogen-bond acceptors (Lipinski definition) is 2. The number of hydrogen-bond donors (Lipinski definition) is 2. The maximum absolute atomic E-state index is 9.04. The Morgan fingerprint density at radius 1 is 1.56 bits per heavy atom. The number of aliphatic hydroxyl groups is 1. The topological polar surface area (TPSA) is 32.3 Å². The van der Waals surface area contributed by atoms with Gasteiger partial charge in [0.05, 0.1) is 6.10 Å². The van der Waals surface area contributed by atoms with Crippen molar-refractivity contribution in [2.24, 2.45) is 0 Å². The van der Waals surface area contributed by atoms with Crippen LogP contribution in [0.3, 0.4) is 0 Å². The molecule has 1 saturated heterocycles. The Morgan fingerprint density at radius 3 is 2.56 bits per heavy atom. The molecule has 1 fully saturated rings. The molecule has 0 radical (unpaired) electrons. The van der Waals surface area contributed by atoms with E-state index in [1.807, 2.05) is 0 Å². The molecule has 56 valence electrons. The van der Waals surface area contributed by atoms with Crippen molar-refractivity contribution < 1.29 is 5.11 Å². The second-order valence-electron chi connectivity index (χ2n) is 2.53. The van der Waals surface area contributed by atoms with Crippen LogP contribution in [0.2, 0.25) is 0 Å². The monoisotopic (exact) mass is 151 g/mol. The van der Waals surface area contributed by atoms with Crippen LogP contribution in [0.15, 0.2) is 0 Å². The third-order valence-corrected chi connectivity index (χ3v) is 1.60. The van der Waals surface area contributed by atoms with Crippen molar-refractivity contribution in [3.8, 4) is 0 Å². The van der Waals surface area contributed by atoms with E-state index in [1.54, 1.807) is 0 Å². The number of piperidine rings is 1. The molecule has 2 N–H and O–H groups in total. The van der Waals surface area contributed by atoms with E-state index in [-0.39, 0.29) is 18.5 Å². The Kier molecular flexibility index (Phi) is 4.19. The van der Waals surface area contributed by atoms with Crippen LogP contribution in [0, 0.1) is 0 Å². The smallest absolute Gasteiger partial charge is 0.0567 e. The predicted octanol–water partition coefficient (Wildman–Crippen LogP) is 0.541. The first-order valence-corrected chi connectivity index (χ1v) is 3.20. The second-order valence-corrected chi connectivity index (χ2v) is 2.53. The van der Waals surface area contributed by atoms with Crippen molar-refractivity contribution in [3.05, 3.63) is 0 Å². The average Bonchev–Trinajstić information content (AvgIpc) is 1.64. The van der Waals surface area contributed by atoms with Gasteiger partial charge in [-0.1, -0.05) is 0 Å². The van der Waals surface area contributed by atoms with Gasteiger partial charge >= 0.3 is 0 Å². The summed E-state index contributed by atoms with van der Waals surface area (Å²) < 4.78 is 0. The van der Waals surface area contributed by atoms with Crippen molar-refractivity contribution >= 4 is 12.4 Å². The molecule has 1 aliphatic heterocycles. The molecule has 1 aliphatic rings. The summed E-state index contributed by atoms with van der Waals surface area (Å²) in [5.41, 5.74) is 0. The van der Waals surface area contributed by atoms with Gasteiger partial charge in [-0.2, -0.15) is 0 Å². The van der Waals surface area contributed by atoms with Gasteiger partial charge in [0, 0.05) is 6.04 Å². The van der Waals surface area contributed by atoms with Gasteiger partial charge < -0.3 is 10.4 Å². The van der Waals surface area contributed by atoms with Crippen LogP contribution < -0.4 is 5.32 Å². The van der Waals surface area contributed by atoms with Crippen LogP contribution in [-0.4, -0.2) is 23.8 Å². The molecule has 0 amide bonds. The fraction of sp³-hybridized carbons (Fsp3) is 1.00. The van der Waals surface area contributed by atoms with E-state index in [1.165, 1.54) is 0 Å². The molecule has 2 unspecified atom stereocenters. The SMILES string of the molecule is CC1CC(O)CCN1.Cl. The second kappa shape index (κ2) is 4.09. The largest absolute Gasteiger partial charge is 0.393 e. The molecule has 0 aromatic heterocycles. The zero-order chi connectivity index (χ0) is 5.98. The minimum atomic E-state index is -0.0498. The number of halogens is 1. The highest BCUT2D eigenvalue weighted by Crippen LogP contribution is 2.06.